The zero-order chi connectivity index (χ0) is 12.0. The van der Waals surface area contributed by atoms with Gasteiger partial charge in [-0.2, -0.15) is 0 Å². The van der Waals surface area contributed by atoms with Gasteiger partial charge in [-0.1, -0.05) is 19.1 Å². The number of nitrogens with zero attached hydrogens (tertiary/aromatic N) is 1. The van der Waals surface area contributed by atoms with E-state index in [0.717, 1.165) is 36.2 Å². The number of halogens is 1. The maximum absolute atomic E-state index is 8.82. The number of anilines is 1. The number of hydrogen-bond donors (Lipinski definition) is 2. The molecule has 4 heteroatoms. The van der Waals surface area contributed by atoms with Crippen molar-refractivity contribution in [3.05, 3.63) is 28.2 Å². The average Bonchev–Trinajstić information content (AvgIpc) is 2.30. The molecule has 0 spiro atoms. The Hall–Kier alpha value is -0.580. The quantitative estimate of drug-likeness (QED) is 0.789. The van der Waals surface area contributed by atoms with Crippen LogP contribution in [-0.4, -0.2) is 29.7 Å². The summed E-state index contributed by atoms with van der Waals surface area (Å²) in [6.07, 6.45) is 0.813. The molecule has 1 aromatic carbocycles. The van der Waals surface area contributed by atoms with Gasteiger partial charge in [0, 0.05) is 29.9 Å². The summed E-state index contributed by atoms with van der Waals surface area (Å²) in [5.41, 5.74) is 7.80. The number of rotatable bonds is 6. The molecule has 0 radical (unpaired) electrons. The Kier molecular flexibility index (Phi) is 5.80. The van der Waals surface area contributed by atoms with Gasteiger partial charge in [0.15, 0.2) is 0 Å². The van der Waals surface area contributed by atoms with Gasteiger partial charge in [0.1, 0.15) is 0 Å². The molecule has 3 nitrogen and oxygen atoms in total. The van der Waals surface area contributed by atoms with Gasteiger partial charge in [0.25, 0.3) is 0 Å². The van der Waals surface area contributed by atoms with Crippen LogP contribution >= 0.6 is 15.9 Å². The zero-order valence-electron chi connectivity index (χ0n) is 9.62. The Morgan fingerprint density at radius 1 is 1.44 bits per heavy atom. The molecule has 90 valence electrons. The molecule has 0 saturated carbocycles. The average molecular weight is 287 g/mol. The lowest BCUT2D eigenvalue weighted by molar-refractivity contribution is 0.225. The van der Waals surface area contributed by atoms with E-state index in [1.54, 1.807) is 0 Å². The SMILES string of the molecule is CCN(CCCO)Cc1cccc(N)c1Br. The van der Waals surface area contributed by atoms with Crippen LogP contribution in [0.4, 0.5) is 5.69 Å². The van der Waals surface area contributed by atoms with Gasteiger partial charge in [0.2, 0.25) is 0 Å². The van der Waals surface area contributed by atoms with Gasteiger partial charge in [-0.3, -0.25) is 4.90 Å². The molecule has 0 saturated heterocycles. The Morgan fingerprint density at radius 3 is 2.81 bits per heavy atom. The van der Waals surface area contributed by atoms with Gasteiger partial charge >= 0.3 is 0 Å². The van der Waals surface area contributed by atoms with Crippen LogP contribution in [0, 0.1) is 0 Å². The first-order valence-electron chi connectivity index (χ1n) is 5.55. The molecule has 0 bridgehead atoms. The second kappa shape index (κ2) is 6.89. The molecule has 0 atom stereocenters. The zero-order valence-corrected chi connectivity index (χ0v) is 11.2. The first kappa shape index (κ1) is 13.5. The third kappa shape index (κ3) is 3.77. The summed E-state index contributed by atoms with van der Waals surface area (Å²) in [6.45, 7) is 5.11. The van der Waals surface area contributed by atoms with Crippen LogP contribution < -0.4 is 5.73 Å². The van der Waals surface area contributed by atoms with Gasteiger partial charge in [-0.05, 0) is 40.5 Å². The Bertz CT molecular complexity index is 331. The highest BCUT2D eigenvalue weighted by Crippen LogP contribution is 2.24. The topological polar surface area (TPSA) is 49.5 Å². The van der Waals surface area contributed by atoms with E-state index in [4.69, 9.17) is 10.8 Å². The van der Waals surface area contributed by atoms with Crippen molar-refractivity contribution >= 4 is 21.6 Å². The highest BCUT2D eigenvalue weighted by atomic mass is 79.9. The smallest absolute Gasteiger partial charge is 0.0461 e. The standard InChI is InChI=1S/C12H19BrN2O/c1-2-15(7-4-8-16)9-10-5-3-6-11(14)12(10)13/h3,5-6,16H,2,4,7-9,14H2,1H3. The van der Waals surface area contributed by atoms with Crippen molar-refractivity contribution in [1.82, 2.24) is 4.90 Å². The van der Waals surface area contributed by atoms with Crippen LogP contribution in [0.3, 0.4) is 0 Å². The predicted octanol–water partition coefficient (Wildman–Crippen LogP) is 2.24. The van der Waals surface area contributed by atoms with Crippen molar-refractivity contribution in [1.29, 1.82) is 0 Å². The van der Waals surface area contributed by atoms with Crippen molar-refractivity contribution in [3.8, 4) is 0 Å². The molecular formula is C12H19BrN2O. The van der Waals surface area contributed by atoms with Gasteiger partial charge in [-0.25, -0.2) is 0 Å². The third-order valence-electron chi connectivity index (χ3n) is 2.58. The molecular weight excluding hydrogens is 268 g/mol. The molecule has 0 aliphatic carbocycles. The van der Waals surface area contributed by atoms with E-state index in [-0.39, 0.29) is 6.61 Å². The van der Waals surface area contributed by atoms with Crippen molar-refractivity contribution in [2.24, 2.45) is 0 Å². The van der Waals surface area contributed by atoms with Crippen molar-refractivity contribution in [2.75, 3.05) is 25.4 Å². The number of nitrogens with two attached hydrogens (primary N) is 1. The van der Waals surface area contributed by atoms with E-state index < -0.39 is 0 Å². The Balaban J connectivity index is 2.66. The Morgan fingerprint density at radius 2 is 2.19 bits per heavy atom. The third-order valence-corrected chi connectivity index (χ3v) is 3.55. The molecule has 0 amide bonds. The first-order valence-corrected chi connectivity index (χ1v) is 6.34. The van der Waals surface area contributed by atoms with E-state index in [0.29, 0.717) is 0 Å². The molecule has 0 unspecified atom stereocenters. The molecule has 16 heavy (non-hydrogen) atoms. The van der Waals surface area contributed by atoms with Crippen molar-refractivity contribution in [3.63, 3.8) is 0 Å². The maximum atomic E-state index is 8.82. The fourth-order valence-corrected chi connectivity index (χ4v) is 2.00. The molecule has 1 rings (SSSR count). The van der Waals surface area contributed by atoms with Gasteiger partial charge < -0.3 is 10.8 Å². The summed E-state index contributed by atoms with van der Waals surface area (Å²) >= 11 is 3.50. The predicted molar refractivity (Wildman–Crippen MR) is 71.2 cm³/mol. The molecule has 1 aromatic rings. The van der Waals surface area contributed by atoms with Crippen LogP contribution in [0.2, 0.25) is 0 Å². The first-order chi connectivity index (χ1) is 7.69. The summed E-state index contributed by atoms with van der Waals surface area (Å²) in [5, 5.41) is 8.82. The fourth-order valence-electron chi connectivity index (χ4n) is 1.61. The fraction of sp³-hybridized carbons (Fsp3) is 0.500. The number of nitrogen functional groups attached to an aromatic ring is 1. The van der Waals surface area contributed by atoms with Crippen LogP contribution in [0.1, 0.15) is 18.9 Å². The number of benzene rings is 1. The van der Waals surface area contributed by atoms with Crippen LogP contribution in [0.15, 0.2) is 22.7 Å². The van der Waals surface area contributed by atoms with E-state index in [1.807, 2.05) is 12.1 Å². The van der Waals surface area contributed by atoms with Crippen molar-refractivity contribution < 1.29 is 5.11 Å². The molecule has 0 aliphatic rings. The molecule has 0 aromatic heterocycles. The van der Waals surface area contributed by atoms with E-state index in [9.17, 15) is 0 Å². The molecule has 0 fully saturated rings. The van der Waals surface area contributed by atoms with E-state index in [1.165, 1.54) is 5.56 Å². The number of aliphatic hydroxyl groups excluding tert-OH is 1. The lowest BCUT2D eigenvalue weighted by atomic mass is 10.2. The largest absolute Gasteiger partial charge is 0.398 e. The lowest BCUT2D eigenvalue weighted by Crippen LogP contribution is -2.24. The van der Waals surface area contributed by atoms with Crippen LogP contribution in [0.5, 0.6) is 0 Å². The van der Waals surface area contributed by atoms with Gasteiger partial charge in [0.05, 0.1) is 0 Å². The molecule has 3 N–H and O–H groups in total. The summed E-state index contributed by atoms with van der Waals surface area (Å²) < 4.78 is 0.984. The second-order valence-electron chi connectivity index (χ2n) is 3.77. The minimum atomic E-state index is 0.245. The number of aliphatic hydroxyl groups is 1. The minimum Gasteiger partial charge on any atom is -0.398 e. The van der Waals surface area contributed by atoms with Crippen molar-refractivity contribution in [2.45, 2.75) is 19.9 Å². The number of hydrogen-bond acceptors (Lipinski definition) is 3. The Labute approximate surface area is 105 Å². The van der Waals surface area contributed by atoms with E-state index in [2.05, 4.69) is 33.8 Å². The van der Waals surface area contributed by atoms with E-state index >= 15 is 0 Å². The van der Waals surface area contributed by atoms with Crippen LogP contribution in [-0.2, 0) is 6.54 Å². The highest BCUT2D eigenvalue weighted by molar-refractivity contribution is 9.10. The normalized spacial score (nSPS) is 11.0. The summed E-state index contributed by atoms with van der Waals surface area (Å²) in [5.74, 6) is 0. The maximum Gasteiger partial charge on any atom is 0.0461 e. The molecule has 0 aliphatic heterocycles. The van der Waals surface area contributed by atoms with Crippen LogP contribution in [0.25, 0.3) is 0 Å². The summed E-state index contributed by atoms with van der Waals surface area (Å²) in [6, 6.07) is 5.93. The monoisotopic (exact) mass is 286 g/mol. The second-order valence-corrected chi connectivity index (χ2v) is 4.56. The molecule has 0 heterocycles. The lowest BCUT2D eigenvalue weighted by Gasteiger charge is -2.21. The minimum absolute atomic E-state index is 0.245. The summed E-state index contributed by atoms with van der Waals surface area (Å²) in [7, 11) is 0. The highest BCUT2D eigenvalue weighted by Gasteiger charge is 2.07. The summed E-state index contributed by atoms with van der Waals surface area (Å²) in [4.78, 5) is 2.29. The van der Waals surface area contributed by atoms with Gasteiger partial charge in [-0.15, -0.1) is 0 Å².